The van der Waals surface area contributed by atoms with Gasteiger partial charge in [-0.3, -0.25) is 14.9 Å². The highest BCUT2D eigenvalue weighted by atomic mass is 79.9. The van der Waals surface area contributed by atoms with Crippen LogP contribution in [-0.2, 0) is 11.3 Å². The van der Waals surface area contributed by atoms with E-state index >= 15 is 0 Å². The summed E-state index contributed by atoms with van der Waals surface area (Å²) in [5.41, 5.74) is 1.45. The van der Waals surface area contributed by atoms with Crippen molar-refractivity contribution in [1.82, 2.24) is 4.90 Å². The fourth-order valence-electron chi connectivity index (χ4n) is 2.28. The molecule has 0 aromatic heterocycles. The van der Waals surface area contributed by atoms with E-state index in [-0.39, 0.29) is 23.5 Å². The second kappa shape index (κ2) is 8.56. The van der Waals surface area contributed by atoms with Gasteiger partial charge in [-0.05, 0) is 23.3 Å². The minimum Gasteiger partial charge on any atom is -0.387 e. The minimum atomic E-state index is -0.919. The van der Waals surface area contributed by atoms with E-state index in [0.717, 1.165) is 5.56 Å². The molecule has 24 heavy (non-hydrogen) atoms. The van der Waals surface area contributed by atoms with E-state index in [1.165, 1.54) is 24.3 Å². The second-order valence-electron chi connectivity index (χ2n) is 5.26. The zero-order valence-electron chi connectivity index (χ0n) is 12.8. The number of aliphatic hydroxyl groups is 1. The number of alkyl halides is 1. The van der Waals surface area contributed by atoms with Gasteiger partial charge in [0.05, 0.1) is 22.9 Å². The number of nitro benzene ring substituents is 1. The molecule has 0 spiro atoms. The minimum absolute atomic E-state index is 0.0383. The van der Waals surface area contributed by atoms with Crippen molar-refractivity contribution in [2.75, 3.05) is 11.9 Å². The second-order valence-corrected chi connectivity index (χ2v) is 5.82. The van der Waals surface area contributed by atoms with Gasteiger partial charge < -0.3 is 10.0 Å². The number of nitro groups is 1. The third-order valence-corrected chi connectivity index (χ3v) is 4.04. The molecule has 7 heteroatoms. The Morgan fingerprint density at radius 1 is 1.17 bits per heavy atom. The first-order chi connectivity index (χ1) is 11.5. The Hall–Kier alpha value is -2.25. The summed E-state index contributed by atoms with van der Waals surface area (Å²) in [5, 5.41) is 21.2. The Morgan fingerprint density at radius 2 is 1.79 bits per heavy atom. The van der Waals surface area contributed by atoms with E-state index < -0.39 is 11.0 Å². The maximum Gasteiger partial charge on any atom is 0.269 e. The summed E-state index contributed by atoms with van der Waals surface area (Å²) in [6, 6.07) is 15.2. The Labute approximate surface area is 148 Å². The van der Waals surface area contributed by atoms with Crippen molar-refractivity contribution < 1.29 is 14.8 Å². The lowest BCUT2D eigenvalue weighted by Gasteiger charge is -2.25. The lowest BCUT2D eigenvalue weighted by atomic mass is 10.1. The summed E-state index contributed by atoms with van der Waals surface area (Å²) in [6.07, 6.45) is -0.919. The van der Waals surface area contributed by atoms with Crippen LogP contribution in [0.1, 0.15) is 17.2 Å². The van der Waals surface area contributed by atoms with Crippen molar-refractivity contribution in [2.24, 2.45) is 0 Å². The first-order valence-corrected chi connectivity index (χ1v) is 8.43. The first kappa shape index (κ1) is 18.1. The largest absolute Gasteiger partial charge is 0.387 e. The van der Waals surface area contributed by atoms with Crippen LogP contribution in [0.3, 0.4) is 0 Å². The number of nitrogens with zero attached hydrogens (tertiary/aromatic N) is 2. The highest BCUT2D eigenvalue weighted by Gasteiger charge is 2.19. The third-order valence-electron chi connectivity index (χ3n) is 3.57. The molecule has 2 aromatic carbocycles. The number of aliphatic hydroxyl groups excluding tert-OH is 1. The van der Waals surface area contributed by atoms with Crippen molar-refractivity contribution in [3.63, 3.8) is 0 Å². The molecule has 1 N–H and O–H groups in total. The van der Waals surface area contributed by atoms with Crippen LogP contribution >= 0.6 is 15.9 Å². The van der Waals surface area contributed by atoms with Crippen LogP contribution in [0.5, 0.6) is 0 Å². The average molecular weight is 393 g/mol. The Morgan fingerprint density at radius 3 is 2.33 bits per heavy atom. The number of carbonyl (C=O) groups excluding carboxylic acids is 1. The number of hydrogen-bond donors (Lipinski definition) is 1. The van der Waals surface area contributed by atoms with E-state index in [2.05, 4.69) is 15.9 Å². The molecule has 126 valence electrons. The van der Waals surface area contributed by atoms with Crippen LogP contribution in [0.15, 0.2) is 54.6 Å². The van der Waals surface area contributed by atoms with Gasteiger partial charge in [-0.15, -0.1) is 0 Å². The maximum atomic E-state index is 12.1. The quantitative estimate of drug-likeness (QED) is 0.445. The standard InChI is InChI=1S/C17H17BrN2O4/c18-10-17(22)19(11-13-4-2-1-3-5-13)12-16(21)14-6-8-15(9-7-14)20(23)24/h1-9,16,21H,10-12H2/t16-/m1/s1. The summed E-state index contributed by atoms with van der Waals surface area (Å²) >= 11 is 3.15. The summed E-state index contributed by atoms with van der Waals surface area (Å²) in [6.45, 7) is 0.493. The fraction of sp³-hybridized carbons (Fsp3) is 0.235. The van der Waals surface area contributed by atoms with Gasteiger partial charge in [-0.25, -0.2) is 0 Å². The first-order valence-electron chi connectivity index (χ1n) is 7.31. The van der Waals surface area contributed by atoms with Gasteiger partial charge in [-0.1, -0.05) is 46.3 Å². The van der Waals surface area contributed by atoms with Gasteiger partial charge >= 0.3 is 0 Å². The summed E-state index contributed by atoms with van der Waals surface area (Å²) in [7, 11) is 0. The number of benzene rings is 2. The molecule has 0 heterocycles. The maximum absolute atomic E-state index is 12.1. The molecule has 2 aromatic rings. The Balaban J connectivity index is 2.10. The number of hydrogen-bond acceptors (Lipinski definition) is 4. The molecular weight excluding hydrogens is 376 g/mol. The van der Waals surface area contributed by atoms with E-state index in [1.807, 2.05) is 30.3 Å². The molecule has 0 aliphatic carbocycles. The molecular formula is C17H17BrN2O4. The Kier molecular flexibility index (Phi) is 6.45. The van der Waals surface area contributed by atoms with Gasteiger partial charge in [0, 0.05) is 18.7 Å². The average Bonchev–Trinajstić information content (AvgIpc) is 2.61. The van der Waals surface area contributed by atoms with Gasteiger partial charge in [0.15, 0.2) is 0 Å². The molecule has 1 amide bonds. The van der Waals surface area contributed by atoms with Gasteiger partial charge in [0.1, 0.15) is 0 Å². The third kappa shape index (κ3) is 4.87. The highest BCUT2D eigenvalue weighted by Crippen LogP contribution is 2.20. The van der Waals surface area contributed by atoms with Gasteiger partial charge in [0.2, 0.25) is 5.91 Å². The number of amides is 1. The molecule has 0 saturated heterocycles. The zero-order chi connectivity index (χ0) is 17.5. The van der Waals surface area contributed by atoms with Crippen LogP contribution in [0.2, 0.25) is 0 Å². The number of carbonyl (C=O) groups is 1. The molecule has 0 bridgehead atoms. The smallest absolute Gasteiger partial charge is 0.269 e. The summed E-state index contributed by atoms with van der Waals surface area (Å²) < 4.78 is 0. The molecule has 0 aliphatic rings. The molecule has 6 nitrogen and oxygen atoms in total. The normalized spacial score (nSPS) is 11.8. The zero-order valence-corrected chi connectivity index (χ0v) is 14.4. The lowest BCUT2D eigenvalue weighted by molar-refractivity contribution is -0.384. The SMILES string of the molecule is O=C(CBr)N(Cc1ccccc1)C[C@@H](O)c1ccc([N+](=O)[O-])cc1. The molecule has 0 aliphatic heterocycles. The predicted octanol–water partition coefficient (Wildman–Crippen LogP) is 3.05. The molecule has 0 saturated carbocycles. The van der Waals surface area contributed by atoms with Crippen molar-refractivity contribution in [3.05, 3.63) is 75.8 Å². The molecule has 0 radical (unpaired) electrons. The highest BCUT2D eigenvalue weighted by molar-refractivity contribution is 9.09. The van der Waals surface area contributed by atoms with Crippen LogP contribution in [0.25, 0.3) is 0 Å². The monoisotopic (exact) mass is 392 g/mol. The lowest BCUT2D eigenvalue weighted by Crippen LogP contribution is -2.35. The van der Waals surface area contributed by atoms with Gasteiger partial charge in [-0.2, -0.15) is 0 Å². The number of rotatable bonds is 7. The van der Waals surface area contributed by atoms with Crippen molar-refractivity contribution in [1.29, 1.82) is 0 Å². The van der Waals surface area contributed by atoms with Crippen LogP contribution in [-0.4, -0.2) is 32.7 Å². The van der Waals surface area contributed by atoms with E-state index in [1.54, 1.807) is 4.90 Å². The molecule has 2 rings (SSSR count). The molecule has 0 fully saturated rings. The molecule has 1 atom stereocenters. The van der Waals surface area contributed by atoms with Crippen molar-refractivity contribution >= 4 is 27.5 Å². The number of halogens is 1. The van der Waals surface area contributed by atoms with Crippen LogP contribution in [0, 0.1) is 10.1 Å². The van der Waals surface area contributed by atoms with E-state index in [9.17, 15) is 20.0 Å². The van der Waals surface area contributed by atoms with Crippen LogP contribution < -0.4 is 0 Å². The number of non-ortho nitro benzene ring substituents is 1. The van der Waals surface area contributed by atoms with E-state index in [4.69, 9.17) is 0 Å². The molecule has 0 unspecified atom stereocenters. The predicted molar refractivity (Wildman–Crippen MR) is 93.7 cm³/mol. The fourth-order valence-corrected chi connectivity index (χ4v) is 2.63. The Bertz CT molecular complexity index is 691. The summed E-state index contributed by atoms with van der Waals surface area (Å²) in [4.78, 5) is 23.8. The van der Waals surface area contributed by atoms with Gasteiger partial charge in [0.25, 0.3) is 5.69 Å². The summed E-state index contributed by atoms with van der Waals surface area (Å²) in [5.74, 6) is -0.139. The van der Waals surface area contributed by atoms with Crippen molar-refractivity contribution in [3.8, 4) is 0 Å². The van der Waals surface area contributed by atoms with Crippen LogP contribution in [0.4, 0.5) is 5.69 Å². The topological polar surface area (TPSA) is 83.7 Å². The van der Waals surface area contributed by atoms with Crippen molar-refractivity contribution in [2.45, 2.75) is 12.6 Å². The van der Waals surface area contributed by atoms with E-state index in [0.29, 0.717) is 12.1 Å².